The van der Waals surface area contributed by atoms with Gasteiger partial charge in [-0.25, -0.2) is 4.98 Å². The van der Waals surface area contributed by atoms with Crippen molar-refractivity contribution in [1.82, 2.24) is 9.97 Å². The van der Waals surface area contributed by atoms with E-state index < -0.39 is 0 Å². The normalized spacial score (nSPS) is 10.3. The highest BCUT2D eigenvalue weighted by Crippen LogP contribution is 2.24. The summed E-state index contributed by atoms with van der Waals surface area (Å²) in [5, 5.41) is 6.52. The van der Waals surface area contributed by atoms with Crippen LogP contribution >= 0.6 is 0 Å². The molecule has 2 N–H and O–H groups in total. The number of benzene rings is 2. The number of rotatable bonds is 7. The summed E-state index contributed by atoms with van der Waals surface area (Å²) in [6.45, 7) is 4.93. The van der Waals surface area contributed by atoms with Crippen LogP contribution in [0.25, 0.3) is 0 Å². The van der Waals surface area contributed by atoms with Crippen molar-refractivity contribution in [3.63, 3.8) is 0 Å². The van der Waals surface area contributed by atoms with E-state index in [9.17, 15) is 0 Å². The van der Waals surface area contributed by atoms with Gasteiger partial charge in [0.1, 0.15) is 17.3 Å². The number of anilines is 3. The van der Waals surface area contributed by atoms with E-state index in [0.29, 0.717) is 5.95 Å². The van der Waals surface area contributed by atoms with Crippen molar-refractivity contribution in [1.29, 1.82) is 0 Å². The highest BCUT2D eigenvalue weighted by molar-refractivity contribution is 5.58. The molecule has 3 aromatic rings. The maximum Gasteiger partial charge on any atom is 0.224 e. The number of hydrogen-bond acceptors (Lipinski definition) is 5. The molecule has 5 heteroatoms. The molecule has 0 atom stereocenters. The third-order valence-electron chi connectivity index (χ3n) is 3.49. The molecule has 0 bridgehead atoms. The second-order valence-electron chi connectivity index (χ2n) is 5.71. The Hall–Kier alpha value is -3.08. The van der Waals surface area contributed by atoms with Crippen molar-refractivity contribution in [2.24, 2.45) is 0 Å². The van der Waals surface area contributed by atoms with E-state index in [1.807, 2.05) is 67.6 Å². The van der Waals surface area contributed by atoms with E-state index in [4.69, 9.17) is 4.74 Å². The van der Waals surface area contributed by atoms with Gasteiger partial charge in [-0.15, -0.1) is 0 Å². The maximum atomic E-state index is 5.80. The molecule has 0 aliphatic carbocycles. The summed E-state index contributed by atoms with van der Waals surface area (Å²) in [7, 11) is 0. The zero-order valence-electron chi connectivity index (χ0n) is 14.5. The lowest BCUT2D eigenvalue weighted by molar-refractivity contribution is 0.483. The van der Waals surface area contributed by atoms with Gasteiger partial charge in [0.05, 0.1) is 0 Å². The van der Waals surface area contributed by atoms with Crippen LogP contribution in [0.2, 0.25) is 0 Å². The summed E-state index contributed by atoms with van der Waals surface area (Å²) in [5.74, 6) is 3.03. The monoisotopic (exact) mass is 334 g/mol. The quantitative estimate of drug-likeness (QED) is 0.626. The minimum Gasteiger partial charge on any atom is -0.457 e. The Morgan fingerprint density at radius 2 is 1.64 bits per heavy atom. The van der Waals surface area contributed by atoms with Crippen LogP contribution in [0.4, 0.5) is 17.5 Å². The summed E-state index contributed by atoms with van der Waals surface area (Å²) in [5.41, 5.74) is 1.86. The van der Waals surface area contributed by atoms with Gasteiger partial charge >= 0.3 is 0 Å². The van der Waals surface area contributed by atoms with Crippen LogP contribution in [0.1, 0.15) is 19.0 Å². The molecule has 2 aromatic carbocycles. The second-order valence-corrected chi connectivity index (χ2v) is 5.71. The molecule has 0 saturated heterocycles. The van der Waals surface area contributed by atoms with Crippen molar-refractivity contribution < 1.29 is 4.74 Å². The Balaban J connectivity index is 1.68. The standard InChI is InChI=1S/C20H22N4O/c1-3-13-21-20-22-15(2)14-19(24-20)23-16-9-11-18(12-10-16)25-17-7-5-4-6-8-17/h4-12,14H,3,13H2,1-2H3,(H2,21,22,23,24). The number of aromatic nitrogens is 2. The summed E-state index contributed by atoms with van der Waals surface area (Å²) in [6.07, 6.45) is 1.03. The van der Waals surface area contributed by atoms with Gasteiger partial charge in [0.25, 0.3) is 0 Å². The lowest BCUT2D eigenvalue weighted by Gasteiger charge is -2.10. The third kappa shape index (κ3) is 4.94. The lowest BCUT2D eigenvalue weighted by Crippen LogP contribution is -2.06. The van der Waals surface area contributed by atoms with Crippen LogP contribution in [-0.4, -0.2) is 16.5 Å². The molecule has 0 fully saturated rings. The zero-order valence-corrected chi connectivity index (χ0v) is 14.5. The number of nitrogens with zero attached hydrogens (tertiary/aromatic N) is 2. The molecular weight excluding hydrogens is 312 g/mol. The fourth-order valence-corrected chi connectivity index (χ4v) is 2.33. The molecular formula is C20H22N4O. The Labute approximate surface area is 148 Å². The first-order chi connectivity index (χ1) is 12.2. The number of aryl methyl sites for hydroxylation is 1. The summed E-state index contributed by atoms with van der Waals surface area (Å²) < 4.78 is 5.80. The molecule has 128 valence electrons. The molecule has 0 aliphatic heterocycles. The summed E-state index contributed by atoms with van der Waals surface area (Å²) in [6, 6.07) is 19.4. The fraction of sp³-hybridized carbons (Fsp3) is 0.200. The average Bonchev–Trinajstić information content (AvgIpc) is 2.62. The zero-order chi connectivity index (χ0) is 17.5. The molecule has 0 aliphatic rings. The smallest absolute Gasteiger partial charge is 0.224 e. The minimum absolute atomic E-state index is 0.647. The van der Waals surface area contributed by atoms with E-state index in [0.717, 1.165) is 41.7 Å². The molecule has 0 radical (unpaired) electrons. The number of para-hydroxylation sites is 1. The minimum atomic E-state index is 0.647. The summed E-state index contributed by atoms with van der Waals surface area (Å²) in [4.78, 5) is 8.88. The Morgan fingerprint density at radius 3 is 2.36 bits per heavy atom. The molecule has 25 heavy (non-hydrogen) atoms. The number of ether oxygens (including phenoxy) is 1. The molecule has 0 unspecified atom stereocenters. The van der Waals surface area contributed by atoms with Crippen LogP contribution in [0.3, 0.4) is 0 Å². The highest BCUT2D eigenvalue weighted by atomic mass is 16.5. The molecule has 1 aromatic heterocycles. The average molecular weight is 334 g/mol. The van der Waals surface area contributed by atoms with Crippen molar-refractivity contribution in [2.75, 3.05) is 17.2 Å². The molecule has 1 heterocycles. The topological polar surface area (TPSA) is 59.1 Å². The highest BCUT2D eigenvalue weighted by Gasteiger charge is 2.03. The second kappa shape index (κ2) is 8.15. The van der Waals surface area contributed by atoms with Crippen LogP contribution in [-0.2, 0) is 0 Å². The van der Waals surface area contributed by atoms with E-state index in [1.165, 1.54) is 0 Å². The number of hydrogen-bond donors (Lipinski definition) is 2. The maximum absolute atomic E-state index is 5.80. The Bertz CT molecular complexity index is 804. The van der Waals surface area contributed by atoms with Crippen molar-refractivity contribution >= 4 is 17.5 Å². The molecule has 0 saturated carbocycles. The van der Waals surface area contributed by atoms with Crippen molar-refractivity contribution in [3.05, 3.63) is 66.4 Å². The van der Waals surface area contributed by atoms with Crippen LogP contribution in [0.15, 0.2) is 60.7 Å². The molecule has 3 rings (SSSR count). The largest absolute Gasteiger partial charge is 0.457 e. The van der Waals surface area contributed by atoms with Crippen LogP contribution in [0.5, 0.6) is 11.5 Å². The van der Waals surface area contributed by atoms with E-state index in [-0.39, 0.29) is 0 Å². The Morgan fingerprint density at radius 1 is 0.920 bits per heavy atom. The predicted octanol–water partition coefficient (Wildman–Crippen LogP) is 5.14. The first kappa shape index (κ1) is 16.8. The van der Waals surface area contributed by atoms with E-state index in [1.54, 1.807) is 0 Å². The molecule has 0 spiro atoms. The van der Waals surface area contributed by atoms with E-state index >= 15 is 0 Å². The fourth-order valence-electron chi connectivity index (χ4n) is 2.33. The van der Waals surface area contributed by atoms with Gasteiger partial charge in [-0.05, 0) is 49.7 Å². The lowest BCUT2D eigenvalue weighted by atomic mass is 10.3. The van der Waals surface area contributed by atoms with Crippen molar-refractivity contribution in [3.8, 4) is 11.5 Å². The van der Waals surface area contributed by atoms with Gasteiger partial charge < -0.3 is 15.4 Å². The van der Waals surface area contributed by atoms with Crippen LogP contribution in [0, 0.1) is 6.92 Å². The first-order valence-electron chi connectivity index (χ1n) is 8.42. The Kier molecular flexibility index (Phi) is 5.46. The van der Waals surface area contributed by atoms with Gasteiger partial charge in [-0.2, -0.15) is 4.98 Å². The summed E-state index contributed by atoms with van der Waals surface area (Å²) >= 11 is 0. The van der Waals surface area contributed by atoms with Gasteiger partial charge in [-0.1, -0.05) is 25.1 Å². The van der Waals surface area contributed by atoms with Gasteiger partial charge in [0.2, 0.25) is 5.95 Å². The first-order valence-corrected chi connectivity index (χ1v) is 8.42. The predicted molar refractivity (Wildman–Crippen MR) is 102 cm³/mol. The SMILES string of the molecule is CCCNc1nc(C)cc(Nc2ccc(Oc3ccccc3)cc2)n1. The molecule has 5 nitrogen and oxygen atoms in total. The number of nitrogens with one attached hydrogen (secondary N) is 2. The van der Waals surface area contributed by atoms with Crippen molar-refractivity contribution in [2.45, 2.75) is 20.3 Å². The van der Waals surface area contributed by atoms with Gasteiger partial charge in [0.15, 0.2) is 0 Å². The molecule has 0 amide bonds. The van der Waals surface area contributed by atoms with Crippen LogP contribution < -0.4 is 15.4 Å². The van der Waals surface area contributed by atoms with Gasteiger partial charge in [0, 0.05) is 24.0 Å². The third-order valence-corrected chi connectivity index (χ3v) is 3.49. The van der Waals surface area contributed by atoms with E-state index in [2.05, 4.69) is 27.5 Å². The van der Waals surface area contributed by atoms with Gasteiger partial charge in [-0.3, -0.25) is 0 Å².